The molecule has 0 aromatic heterocycles. The Bertz CT molecular complexity index is 336. The van der Waals surface area contributed by atoms with E-state index in [1.807, 2.05) is 6.92 Å². The zero-order chi connectivity index (χ0) is 11.5. The Kier molecular flexibility index (Phi) is 3.44. The predicted molar refractivity (Wildman–Crippen MR) is 52.0 cm³/mol. The van der Waals surface area contributed by atoms with Gasteiger partial charge in [-0.05, 0) is 18.1 Å². The number of ether oxygens (including phenoxy) is 1. The first-order valence-electron chi connectivity index (χ1n) is 4.52. The van der Waals surface area contributed by atoms with Crippen LogP contribution in [0.4, 0.5) is 18.9 Å². The molecule has 0 amide bonds. The largest absolute Gasteiger partial charge is 0.573 e. The predicted octanol–water partition coefficient (Wildman–Crippen LogP) is 3.19. The second kappa shape index (κ2) is 4.42. The van der Waals surface area contributed by atoms with Crippen LogP contribution in [0.25, 0.3) is 0 Å². The third-order valence-corrected chi connectivity index (χ3v) is 1.97. The van der Waals surface area contributed by atoms with E-state index in [9.17, 15) is 13.2 Å². The third-order valence-electron chi connectivity index (χ3n) is 1.97. The maximum Gasteiger partial charge on any atom is 0.573 e. The van der Waals surface area contributed by atoms with Crippen molar-refractivity contribution in [3.63, 3.8) is 0 Å². The first-order chi connectivity index (χ1) is 6.96. The molecule has 1 aromatic carbocycles. The lowest BCUT2D eigenvalue weighted by molar-refractivity contribution is -0.274. The maximum absolute atomic E-state index is 11.9. The summed E-state index contributed by atoms with van der Waals surface area (Å²) in [5.41, 5.74) is 1.60. The number of hydrogen-bond donors (Lipinski definition) is 1. The number of nitrogens with one attached hydrogen (secondary N) is 1. The van der Waals surface area contributed by atoms with Crippen molar-refractivity contribution in [3.8, 4) is 5.75 Å². The summed E-state index contributed by atoms with van der Waals surface area (Å²) in [6.07, 6.45) is -3.89. The molecule has 0 heterocycles. The van der Waals surface area contributed by atoms with Crippen LogP contribution < -0.4 is 10.1 Å². The fourth-order valence-electron chi connectivity index (χ4n) is 1.29. The molecule has 84 valence electrons. The minimum atomic E-state index is -4.64. The lowest BCUT2D eigenvalue weighted by Gasteiger charge is -2.12. The van der Waals surface area contributed by atoms with E-state index in [1.165, 1.54) is 12.1 Å². The van der Waals surface area contributed by atoms with Crippen molar-refractivity contribution in [1.82, 2.24) is 0 Å². The molecule has 0 bridgehead atoms. The number of rotatable bonds is 3. The van der Waals surface area contributed by atoms with Crippen LogP contribution in [0.5, 0.6) is 5.75 Å². The zero-order valence-corrected chi connectivity index (χ0v) is 8.48. The van der Waals surface area contributed by atoms with Crippen molar-refractivity contribution in [2.75, 3.05) is 12.4 Å². The highest BCUT2D eigenvalue weighted by molar-refractivity contribution is 5.54. The van der Waals surface area contributed by atoms with Gasteiger partial charge in [-0.3, -0.25) is 0 Å². The van der Waals surface area contributed by atoms with Crippen molar-refractivity contribution in [2.24, 2.45) is 0 Å². The fourth-order valence-corrected chi connectivity index (χ4v) is 1.29. The first kappa shape index (κ1) is 11.7. The second-order valence-electron chi connectivity index (χ2n) is 2.97. The van der Waals surface area contributed by atoms with E-state index in [1.54, 1.807) is 13.1 Å². The summed E-state index contributed by atoms with van der Waals surface area (Å²) in [7, 11) is 1.66. The molecule has 2 nitrogen and oxygen atoms in total. The van der Waals surface area contributed by atoms with E-state index in [0.29, 0.717) is 5.69 Å². The Morgan fingerprint density at radius 2 is 2.00 bits per heavy atom. The minimum absolute atomic E-state index is 0.205. The van der Waals surface area contributed by atoms with Gasteiger partial charge in [-0.25, -0.2) is 0 Å². The third kappa shape index (κ3) is 3.34. The molecular formula is C10H12F3NO. The van der Waals surface area contributed by atoms with Gasteiger partial charge in [-0.2, -0.15) is 0 Å². The molecule has 0 saturated heterocycles. The van der Waals surface area contributed by atoms with Gasteiger partial charge < -0.3 is 10.1 Å². The highest BCUT2D eigenvalue weighted by Crippen LogP contribution is 2.27. The molecule has 0 atom stereocenters. The van der Waals surface area contributed by atoms with Gasteiger partial charge in [-0.15, -0.1) is 13.2 Å². The van der Waals surface area contributed by atoms with Crippen molar-refractivity contribution in [1.29, 1.82) is 0 Å². The molecule has 0 saturated carbocycles. The SMILES string of the molecule is CCc1ccc(OC(F)(F)F)cc1NC. The number of aryl methyl sites for hydroxylation is 1. The van der Waals surface area contributed by atoms with Crippen LogP contribution in [-0.4, -0.2) is 13.4 Å². The molecule has 0 spiro atoms. The fraction of sp³-hybridized carbons (Fsp3) is 0.400. The Labute approximate surface area is 86.1 Å². The van der Waals surface area contributed by atoms with Crippen LogP contribution in [0.15, 0.2) is 18.2 Å². The van der Waals surface area contributed by atoms with Gasteiger partial charge in [0.1, 0.15) is 5.75 Å². The molecule has 0 aliphatic carbocycles. The molecule has 0 radical (unpaired) electrons. The Balaban J connectivity index is 2.93. The number of halogens is 3. The quantitative estimate of drug-likeness (QED) is 0.842. The lowest BCUT2D eigenvalue weighted by atomic mass is 10.1. The Morgan fingerprint density at radius 1 is 1.33 bits per heavy atom. The van der Waals surface area contributed by atoms with E-state index in [-0.39, 0.29) is 5.75 Å². The number of benzene rings is 1. The van der Waals surface area contributed by atoms with Gasteiger partial charge >= 0.3 is 6.36 Å². The molecule has 0 unspecified atom stereocenters. The first-order valence-corrected chi connectivity index (χ1v) is 4.52. The summed E-state index contributed by atoms with van der Waals surface area (Å²) in [6.45, 7) is 1.93. The zero-order valence-electron chi connectivity index (χ0n) is 8.48. The summed E-state index contributed by atoms with van der Waals surface area (Å²) in [4.78, 5) is 0. The van der Waals surface area contributed by atoms with Crippen LogP contribution in [0.3, 0.4) is 0 Å². The summed E-state index contributed by atoms with van der Waals surface area (Å²) in [6, 6.07) is 4.27. The Hall–Kier alpha value is -1.39. The van der Waals surface area contributed by atoms with Crippen LogP contribution in [0.2, 0.25) is 0 Å². The summed E-state index contributed by atoms with van der Waals surface area (Å²) in [5.74, 6) is -0.205. The highest BCUT2D eigenvalue weighted by atomic mass is 19.4. The van der Waals surface area contributed by atoms with E-state index in [0.717, 1.165) is 12.0 Å². The van der Waals surface area contributed by atoms with Gasteiger partial charge in [0.25, 0.3) is 0 Å². The normalized spacial score (nSPS) is 11.3. The number of anilines is 1. The van der Waals surface area contributed by atoms with Gasteiger partial charge in [0.05, 0.1) is 0 Å². The monoisotopic (exact) mass is 219 g/mol. The van der Waals surface area contributed by atoms with Crippen molar-refractivity contribution < 1.29 is 17.9 Å². The average Bonchev–Trinajstić information content (AvgIpc) is 2.15. The van der Waals surface area contributed by atoms with Gasteiger partial charge in [-0.1, -0.05) is 13.0 Å². The van der Waals surface area contributed by atoms with Crippen LogP contribution in [-0.2, 0) is 6.42 Å². The van der Waals surface area contributed by atoms with E-state index in [4.69, 9.17) is 0 Å². The average molecular weight is 219 g/mol. The van der Waals surface area contributed by atoms with E-state index < -0.39 is 6.36 Å². The van der Waals surface area contributed by atoms with Crippen molar-refractivity contribution >= 4 is 5.69 Å². The highest BCUT2D eigenvalue weighted by Gasteiger charge is 2.31. The Morgan fingerprint density at radius 3 is 2.47 bits per heavy atom. The molecule has 1 aromatic rings. The second-order valence-corrected chi connectivity index (χ2v) is 2.97. The molecule has 5 heteroatoms. The molecule has 1 rings (SSSR count). The number of alkyl halides is 3. The van der Waals surface area contributed by atoms with Crippen molar-refractivity contribution in [3.05, 3.63) is 23.8 Å². The van der Waals surface area contributed by atoms with Gasteiger partial charge in [0, 0.05) is 18.8 Å². The molecule has 1 N–H and O–H groups in total. The topological polar surface area (TPSA) is 21.3 Å². The lowest BCUT2D eigenvalue weighted by Crippen LogP contribution is -2.17. The van der Waals surface area contributed by atoms with Crippen molar-refractivity contribution in [2.45, 2.75) is 19.7 Å². The molecule has 0 aliphatic heterocycles. The van der Waals surface area contributed by atoms with Crippen LogP contribution >= 0.6 is 0 Å². The van der Waals surface area contributed by atoms with Gasteiger partial charge in [0.2, 0.25) is 0 Å². The summed E-state index contributed by atoms with van der Waals surface area (Å²) < 4.78 is 39.6. The molecule has 0 aliphatic rings. The van der Waals surface area contributed by atoms with Crippen LogP contribution in [0.1, 0.15) is 12.5 Å². The summed E-state index contributed by atoms with van der Waals surface area (Å²) in [5, 5.41) is 2.83. The maximum atomic E-state index is 11.9. The molecular weight excluding hydrogens is 207 g/mol. The molecule has 0 fully saturated rings. The molecule has 15 heavy (non-hydrogen) atoms. The number of hydrogen-bond acceptors (Lipinski definition) is 2. The standard InChI is InChI=1S/C10H12F3NO/c1-3-7-4-5-8(6-9(7)14-2)15-10(11,12)13/h4-6,14H,3H2,1-2H3. The minimum Gasteiger partial charge on any atom is -0.406 e. The van der Waals surface area contributed by atoms with Gasteiger partial charge in [0.15, 0.2) is 0 Å². The van der Waals surface area contributed by atoms with E-state index in [2.05, 4.69) is 10.1 Å². The summed E-state index contributed by atoms with van der Waals surface area (Å²) >= 11 is 0. The van der Waals surface area contributed by atoms with Crippen LogP contribution in [0, 0.1) is 0 Å². The smallest absolute Gasteiger partial charge is 0.406 e. The van der Waals surface area contributed by atoms with E-state index >= 15 is 0 Å².